The predicted molar refractivity (Wildman–Crippen MR) is 71.7 cm³/mol. The molecule has 1 aromatic rings. The van der Waals surface area contributed by atoms with Crippen LogP contribution >= 0.6 is 15.9 Å². The minimum Gasteiger partial charge on any atom is -0.367 e. The van der Waals surface area contributed by atoms with Crippen LogP contribution in [0, 0.1) is 11.3 Å². The lowest BCUT2D eigenvalue weighted by molar-refractivity contribution is -0.135. The Morgan fingerprint density at radius 3 is 2.72 bits per heavy atom. The van der Waals surface area contributed by atoms with Crippen molar-refractivity contribution in [2.45, 2.75) is 13.0 Å². The average Bonchev–Trinajstić information content (AvgIpc) is 2.38. The largest absolute Gasteiger partial charge is 0.367 e. The van der Waals surface area contributed by atoms with Crippen molar-refractivity contribution in [2.24, 2.45) is 0 Å². The second-order valence-electron chi connectivity index (χ2n) is 3.84. The molecule has 0 atom stereocenters. The van der Waals surface area contributed by atoms with Crippen molar-refractivity contribution in [1.29, 1.82) is 5.26 Å². The number of carbonyl (C=O) groups excluding carboxylic acids is 1. The molecule has 0 N–H and O–H groups in total. The number of carbonyl (C=O) groups is 1. The van der Waals surface area contributed by atoms with Gasteiger partial charge in [0, 0.05) is 18.1 Å². The van der Waals surface area contributed by atoms with Gasteiger partial charge in [0.1, 0.15) is 6.61 Å². The summed E-state index contributed by atoms with van der Waals surface area (Å²) in [5.74, 6) is -0.109. The molecule has 1 amide bonds. The zero-order chi connectivity index (χ0) is 13.4. The predicted octanol–water partition coefficient (Wildman–Crippen LogP) is 2.34. The van der Waals surface area contributed by atoms with Crippen LogP contribution in [0.1, 0.15) is 12.0 Å². The van der Waals surface area contributed by atoms with E-state index in [2.05, 4.69) is 15.9 Å². The molecule has 0 spiro atoms. The van der Waals surface area contributed by atoms with Crippen molar-refractivity contribution in [1.82, 2.24) is 4.90 Å². The van der Waals surface area contributed by atoms with Gasteiger partial charge >= 0.3 is 0 Å². The van der Waals surface area contributed by atoms with E-state index >= 15 is 0 Å². The first kappa shape index (κ1) is 14.7. The molecule has 96 valence electrons. The molecule has 0 unspecified atom stereocenters. The highest BCUT2D eigenvalue weighted by Crippen LogP contribution is 2.11. The van der Waals surface area contributed by atoms with Gasteiger partial charge in [-0.15, -0.1) is 0 Å². The molecule has 0 fully saturated rings. The molecule has 0 radical (unpaired) electrons. The van der Waals surface area contributed by atoms with Crippen molar-refractivity contribution in [2.75, 3.05) is 20.2 Å². The van der Waals surface area contributed by atoms with E-state index in [1.54, 1.807) is 7.05 Å². The molecule has 5 heteroatoms. The molecule has 0 saturated carbocycles. The molecule has 18 heavy (non-hydrogen) atoms. The van der Waals surface area contributed by atoms with Gasteiger partial charge in [0.05, 0.1) is 19.1 Å². The lowest BCUT2D eigenvalue weighted by atomic mass is 10.2. The van der Waals surface area contributed by atoms with Gasteiger partial charge in [-0.1, -0.05) is 28.1 Å². The van der Waals surface area contributed by atoms with Crippen LogP contribution in [0.25, 0.3) is 0 Å². The molecule has 1 aromatic carbocycles. The van der Waals surface area contributed by atoms with Crippen molar-refractivity contribution in [3.63, 3.8) is 0 Å². The summed E-state index contributed by atoms with van der Waals surface area (Å²) in [6.45, 7) is 0.889. The number of ether oxygens (including phenoxy) is 1. The summed E-state index contributed by atoms with van der Waals surface area (Å²) < 4.78 is 6.35. The van der Waals surface area contributed by atoms with Crippen LogP contribution in [-0.2, 0) is 16.1 Å². The standard InChI is InChI=1S/C13H15BrN2O2/c1-16(8-2-7-15)13(17)10-18-9-11-3-5-12(14)6-4-11/h3-6H,2,8-10H2,1H3. The molecule has 4 nitrogen and oxygen atoms in total. The maximum Gasteiger partial charge on any atom is 0.248 e. The van der Waals surface area contributed by atoms with Gasteiger partial charge in [-0.05, 0) is 17.7 Å². The van der Waals surface area contributed by atoms with Crippen molar-refractivity contribution >= 4 is 21.8 Å². The SMILES string of the molecule is CN(CCC#N)C(=O)COCc1ccc(Br)cc1. The molecule has 0 bridgehead atoms. The highest BCUT2D eigenvalue weighted by molar-refractivity contribution is 9.10. The average molecular weight is 311 g/mol. The minimum absolute atomic E-state index is 0.0397. The van der Waals surface area contributed by atoms with E-state index in [0.29, 0.717) is 19.6 Å². The number of likely N-dealkylation sites (N-methyl/N-ethyl adjacent to an activating group) is 1. The number of nitriles is 1. The van der Waals surface area contributed by atoms with Crippen LogP contribution in [0.3, 0.4) is 0 Å². The van der Waals surface area contributed by atoms with Gasteiger partial charge in [0.25, 0.3) is 0 Å². The third-order valence-electron chi connectivity index (χ3n) is 2.39. The number of benzene rings is 1. The molecule has 0 saturated heterocycles. The van der Waals surface area contributed by atoms with Gasteiger partial charge in [0.15, 0.2) is 0 Å². The van der Waals surface area contributed by atoms with Crippen LogP contribution in [0.15, 0.2) is 28.7 Å². The first-order valence-corrected chi connectivity index (χ1v) is 6.36. The van der Waals surface area contributed by atoms with Crippen molar-refractivity contribution in [3.05, 3.63) is 34.3 Å². The fraction of sp³-hybridized carbons (Fsp3) is 0.385. The maximum absolute atomic E-state index is 11.6. The van der Waals surface area contributed by atoms with Gasteiger partial charge in [-0.3, -0.25) is 4.79 Å². The van der Waals surface area contributed by atoms with Crippen molar-refractivity contribution < 1.29 is 9.53 Å². The lowest BCUT2D eigenvalue weighted by Gasteiger charge is -2.15. The third kappa shape index (κ3) is 5.30. The second-order valence-corrected chi connectivity index (χ2v) is 4.76. The summed E-state index contributed by atoms with van der Waals surface area (Å²) in [5, 5.41) is 8.42. The Labute approximate surface area is 115 Å². The summed E-state index contributed by atoms with van der Waals surface area (Å²) in [6.07, 6.45) is 0.342. The highest BCUT2D eigenvalue weighted by Gasteiger charge is 2.07. The number of hydrogen-bond acceptors (Lipinski definition) is 3. The van der Waals surface area contributed by atoms with E-state index in [1.807, 2.05) is 30.3 Å². The molecule has 0 aromatic heterocycles. The first-order chi connectivity index (χ1) is 8.63. The molecule has 0 aliphatic rings. The summed E-state index contributed by atoms with van der Waals surface area (Å²) in [5.41, 5.74) is 1.02. The summed E-state index contributed by atoms with van der Waals surface area (Å²) in [6, 6.07) is 9.74. The Hall–Kier alpha value is -1.38. The first-order valence-electron chi connectivity index (χ1n) is 5.56. The number of amides is 1. The van der Waals surface area contributed by atoms with Gasteiger partial charge < -0.3 is 9.64 Å². The van der Waals surface area contributed by atoms with Gasteiger partial charge in [0.2, 0.25) is 5.91 Å². The van der Waals surface area contributed by atoms with Crippen LogP contribution in [0.4, 0.5) is 0 Å². The molecular formula is C13H15BrN2O2. The summed E-state index contributed by atoms with van der Waals surface area (Å²) >= 11 is 3.35. The number of hydrogen-bond donors (Lipinski definition) is 0. The Morgan fingerprint density at radius 1 is 1.44 bits per heavy atom. The number of nitrogens with zero attached hydrogens (tertiary/aromatic N) is 2. The summed E-state index contributed by atoms with van der Waals surface area (Å²) in [4.78, 5) is 13.1. The zero-order valence-corrected chi connectivity index (χ0v) is 11.8. The Morgan fingerprint density at radius 2 is 2.11 bits per heavy atom. The molecule has 0 aliphatic heterocycles. The van der Waals surface area contributed by atoms with E-state index in [4.69, 9.17) is 10.00 Å². The van der Waals surface area contributed by atoms with E-state index in [-0.39, 0.29) is 12.5 Å². The second kappa shape index (κ2) is 7.85. The fourth-order valence-electron chi connectivity index (χ4n) is 1.29. The molecule has 0 heterocycles. The normalized spacial score (nSPS) is 9.83. The Bertz CT molecular complexity index is 426. The lowest BCUT2D eigenvalue weighted by Crippen LogP contribution is -2.31. The fourth-order valence-corrected chi connectivity index (χ4v) is 1.55. The maximum atomic E-state index is 11.6. The summed E-state index contributed by atoms with van der Waals surface area (Å²) in [7, 11) is 1.67. The van der Waals surface area contributed by atoms with Crippen LogP contribution in [-0.4, -0.2) is 31.0 Å². The highest BCUT2D eigenvalue weighted by atomic mass is 79.9. The van der Waals surface area contributed by atoms with Gasteiger partial charge in [-0.25, -0.2) is 0 Å². The smallest absolute Gasteiger partial charge is 0.248 e. The van der Waals surface area contributed by atoms with Crippen molar-refractivity contribution in [3.8, 4) is 6.07 Å². The Kier molecular flexibility index (Phi) is 6.40. The Balaban J connectivity index is 2.27. The quantitative estimate of drug-likeness (QED) is 0.810. The van der Waals surface area contributed by atoms with E-state index in [1.165, 1.54) is 4.90 Å². The van der Waals surface area contributed by atoms with Crippen LogP contribution < -0.4 is 0 Å². The van der Waals surface area contributed by atoms with Crippen LogP contribution in [0.5, 0.6) is 0 Å². The zero-order valence-electron chi connectivity index (χ0n) is 10.2. The molecule has 1 rings (SSSR count). The monoisotopic (exact) mass is 310 g/mol. The van der Waals surface area contributed by atoms with E-state index in [0.717, 1.165) is 10.0 Å². The molecular weight excluding hydrogens is 296 g/mol. The van der Waals surface area contributed by atoms with E-state index < -0.39 is 0 Å². The van der Waals surface area contributed by atoms with E-state index in [9.17, 15) is 4.79 Å². The third-order valence-corrected chi connectivity index (χ3v) is 2.92. The topological polar surface area (TPSA) is 53.3 Å². The van der Waals surface area contributed by atoms with Crippen LogP contribution in [0.2, 0.25) is 0 Å². The number of rotatable bonds is 6. The molecule has 0 aliphatic carbocycles. The van der Waals surface area contributed by atoms with Gasteiger partial charge in [-0.2, -0.15) is 5.26 Å². The minimum atomic E-state index is -0.109. The number of halogens is 1.